The highest BCUT2D eigenvalue weighted by Crippen LogP contribution is 2.33. The van der Waals surface area contributed by atoms with E-state index in [0.29, 0.717) is 12.8 Å². The van der Waals surface area contributed by atoms with Gasteiger partial charge in [-0.15, -0.1) is 0 Å². The molecule has 2 heteroatoms. The summed E-state index contributed by atoms with van der Waals surface area (Å²) in [6.07, 6.45) is 7.58. The molecule has 0 radical (unpaired) electrons. The molecule has 1 saturated carbocycles. The normalized spacial score (nSPS) is 18.8. The second-order valence-electron chi connectivity index (χ2n) is 5.38. The quantitative estimate of drug-likeness (QED) is 0.836. The second-order valence-corrected chi connectivity index (χ2v) is 5.38. The Hall–Kier alpha value is -0.860. The number of hydrogen-bond acceptors (Lipinski definition) is 2. The summed E-state index contributed by atoms with van der Waals surface area (Å²) < 4.78 is 0. The number of benzene rings is 1. The van der Waals surface area contributed by atoms with E-state index in [9.17, 15) is 5.11 Å². The standard InChI is InChI=1S/C16H24O2/c17-12-4-7-16(18)15-10-8-14(9-11-15)13-5-2-1-3-6-13/h8-11,13,16-18H,1-7,12H2. The smallest absolute Gasteiger partial charge is 0.0790 e. The van der Waals surface area contributed by atoms with E-state index < -0.39 is 6.10 Å². The predicted molar refractivity (Wildman–Crippen MR) is 73.5 cm³/mol. The molecule has 1 fully saturated rings. The van der Waals surface area contributed by atoms with Crippen LogP contribution in [0.5, 0.6) is 0 Å². The highest BCUT2D eigenvalue weighted by molar-refractivity contribution is 5.27. The lowest BCUT2D eigenvalue weighted by Gasteiger charge is -2.22. The second kappa shape index (κ2) is 6.91. The molecule has 1 aromatic rings. The largest absolute Gasteiger partial charge is 0.396 e. The summed E-state index contributed by atoms with van der Waals surface area (Å²) in [4.78, 5) is 0. The van der Waals surface area contributed by atoms with Crippen molar-refractivity contribution in [1.82, 2.24) is 0 Å². The van der Waals surface area contributed by atoms with Crippen molar-refractivity contribution in [2.24, 2.45) is 0 Å². The molecule has 2 N–H and O–H groups in total. The lowest BCUT2D eigenvalue weighted by Crippen LogP contribution is -2.05. The minimum Gasteiger partial charge on any atom is -0.396 e. The lowest BCUT2D eigenvalue weighted by molar-refractivity contribution is 0.152. The molecule has 2 rings (SSSR count). The fraction of sp³-hybridized carbons (Fsp3) is 0.625. The molecular formula is C16H24O2. The Labute approximate surface area is 110 Å². The first-order chi connectivity index (χ1) is 8.81. The van der Waals surface area contributed by atoms with Crippen LogP contribution in [0.2, 0.25) is 0 Å². The molecule has 1 aliphatic carbocycles. The van der Waals surface area contributed by atoms with Gasteiger partial charge in [-0.2, -0.15) is 0 Å². The summed E-state index contributed by atoms with van der Waals surface area (Å²) in [7, 11) is 0. The third-order valence-corrected chi connectivity index (χ3v) is 4.03. The van der Waals surface area contributed by atoms with Crippen molar-refractivity contribution in [3.8, 4) is 0 Å². The Morgan fingerprint density at radius 2 is 1.72 bits per heavy atom. The Morgan fingerprint density at radius 3 is 2.33 bits per heavy atom. The van der Waals surface area contributed by atoms with E-state index in [2.05, 4.69) is 12.1 Å². The molecule has 0 aliphatic heterocycles. The molecule has 1 atom stereocenters. The molecule has 100 valence electrons. The van der Waals surface area contributed by atoms with Gasteiger partial charge in [0.15, 0.2) is 0 Å². The van der Waals surface area contributed by atoms with E-state index in [4.69, 9.17) is 5.11 Å². The molecule has 18 heavy (non-hydrogen) atoms. The third-order valence-electron chi connectivity index (χ3n) is 4.03. The zero-order valence-electron chi connectivity index (χ0n) is 11.0. The van der Waals surface area contributed by atoms with Gasteiger partial charge in [-0.25, -0.2) is 0 Å². The molecule has 1 aliphatic rings. The van der Waals surface area contributed by atoms with Crippen LogP contribution in [0.3, 0.4) is 0 Å². The molecule has 2 nitrogen and oxygen atoms in total. The highest BCUT2D eigenvalue weighted by atomic mass is 16.3. The van der Waals surface area contributed by atoms with Gasteiger partial charge in [0, 0.05) is 6.61 Å². The zero-order valence-corrected chi connectivity index (χ0v) is 11.0. The molecule has 1 aromatic carbocycles. The molecule has 0 heterocycles. The first-order valence-electron chi connectivity index (χ1n) is 7.20. The van der Waals surface area contributed by atoms with Gasteiger partial charge in [-0.3, -0.25) is 0 Å². The number of aliphatic hydroxyl groups excluding tert-OH is 2. The molecule has 0 amide bonds. The first-order valence-corrected chi connectivity index (χ1v) is 7.20. The molecule has 0 aromatic heterocycles. The van der Waals surface area contributed by atoms with E-state index in [1.165, 1.54) is 37.7 Å². The van der Waals surface area contributed by atoms with E-state index >= 15 is 0 Å². The van der Waals surface area contributed by atoms with Gasteiger partial charge in [0.25, 0.3) is 0 Å². The van der Waals surface area contributed by atoms with Crippen LogP contribution < -0.4 is 0 Å². The van der Waals surface area contributed by atoms with Crippen molar-refractivity contribution in [3.05, 3.63) is 35.4 Å². The molecule has 0 saturated heterocycles. The Kier molecular flexibility index (Phi) is 5.21. The maximum Gasteiger partial charge on any atom is 0.0790 e. The van der Waals surface area contributed by atoms with Crippen LogP contribution in [0.4, 0.5) is 0 Å². The number of hydrogen-bond donors (Lipinski definition) is 2. The van der Waals surface area contributed by atoms with E-state index in [0.717, 1.165) is 11.5 Å². The van der Waals surface area contributed by atoms with Crippen LogP contribution in [-0.4, -0.2) is 16.8 Å². The van der Waals surface area contributed by atoms with E-state index in [1.54, 1.807) is 0 Å². The first kappa shape index (κ1) is 13.6. The summed E-state index contributed by atoms with van der Waals surface area (Å²) in [5.74, 6) is 0.724. The fourth-order valence-corrected chi connectivity index (χ4v) is 2.88. The van der Waals surface area contributed by atoms with Gasteiger partial charge < -0.3 is 10.2 Å². The van der Waals surface area contributed by atoms with Crippen molar-refractivity contribution in [3.63, 3.8) is 0 Å². The van der Waals surface area contributed by atoms with Gasteiger partial charge >= 0.3 is 0 Å². The maximum absolute atomic E-state index is 9.94. The van der Waals surface area contributed by atoms with E-state index in [-0.39, 0.29) is 6.61 Å². The predicted octanol–water partition coefficient (Wildman–Crippen LogP) is 3.54. The Morgan fingerprint density at radius 1 is 1.06 bits per heavy atom. The topological polar surface area (TPSA) is 40.5 Å². The van der Waals surface area contributed by atoms with Crippen molar-refractivity contribution >= 4 is 0 Å². The summed E-state index contributed by atoms with van der Waals surface area (Å²) in [5, 5.41) is 18.7. The molecule has 1 unspecified atom stereocenters. The minimum atomic E-state index is -0.433. The Balaban J connectivity index is 1.95. The van der Waals surface area contributed by atoms with E-state index in [1.807, 2.05) is 12.1 Å². The van der Waals surface area contributed by atoms with Crippen LogP contribution in [0, 0.1) is 0 Å². The van der Waals surface area contributed by atoms with Crippen molar-refractivity contribution in [1.29, 1.82) is 0 Å². The maximum atomic E-state index is 9.94. The third kappa shape index (κ3) is 3.56. The van der Waals surface area contributed by atoms with Gasteiger partial charge in [-0.05, 0) is 42.7 Å². The van der Waals surface area contributed by atoms with Crippen LogP contribution >= 0.6 is 0 Å². The molecule has 0 bridgehead atoms. The highest BCUT2D eigenvalue weighted by Gasteiger charge is 2.15. The molecule has 0 spiro atoms. The van der Waals surface area contributed by atoms with Gasteiger partial charge in [0.05, 0.1) is 6.10 Å². The van der Waals surface area contributed by atoms with Crippen molar-refractivity contribution < 1.29 is 10.2 Å². The SMILES string of the molecule is OCCCC(O)c1ccc(C2CCCCC2)cc1. The summed E-state index contributed by atoms with van der Waals surface area (Å²) in [6, 6.07) is 8.44. The van der Waals surface area contributed by atoms with Crippen molar-refractivity contribution in [2.75, 3.05) is 6.61 Å². The number of aliphatic hydroxyl groups is 2. The summed E-state index contributed by atoms with van der Waals surface area (Å²) >= 11 is 0. The zero-order chi connectivity index (χ0) is 12.8. The van der Waals surface area contributed by atoms with Gasteiger partial charge in [-0.1, -0.05) is 43.5 Å². The summed E-state index contributed by atoms with van der Waals surface area (Å²) in [5.41, 5.74) is 2.40. The lowest BCUT2D eigenvalue weighted by atomic mass is 9.84. The van der Waals surface area contributed by atoms with Crippen LogP contribution in [0.15, 0.2) is 24.3 Å². The molecular weight excluding hydrogens is 224 g/mol. The fourth-order valence-electron chi connectivity index (χ4n) is 2.88. The van der Waals surface area contributed by atoms with Crippen LogP contribution in [0.1, 0.15) is 68.1 Å². The number of rotatable bonds is 5. The average molecular weight is 248 g/mol. The van der Waals surface area contributed by atoms with Crippen molar-refractivity contribution in [2.45, 2.75) is 57.0 Å². The van der Waals surface area contributed by atoms with Gasteiger partial charge in [0.2, 0.25) is 0 Å². The average Bonchev–Trinajstić information content (AvgIpc) is 2.46. The Bertz CT molecular complexity index is 339. The van der Waals surface area contributed by atoms with Gasteiger partial charge in [0.1, 0.15) is 0 Å². The monoisotopic (exact) mass is 248 g/mol. The van der Waals surface area contributed by atoms with Crippen LogP contribution in [-0.2, 0) is 0 Å². The minimum absolute atomic E-state index is 0.150. The van der Waals surface area contributed by atoms with Crippen LogP contribution in [0.25, 0.3) is 0 Å². The summed E-state index contributed by atoms with van der Waals surface area (Å²) in [6.45, 7) is 0.150.